The lowest BCUT2D eigenvalue weighted by molar-refractivity contribution is -0.117. The summed E-state index contributed by atoms with van der Waals surface area (Å²) in [5, 5.41) is 17.5. The molecule has 4 N–H and O–H groups in total. The summed E-state index contributed by atoms with van der Waals surface area (Å²) >= 11 is 0. The van der Waals surface area contributed by atoms with Crippen LogP contribution >= 0.6 is 0 Å². The summed E-state index contributed by atoms with van der Waals surface area (Å²) in [6, 6.07) is 5.73. The number of halogens is 2. The molecule has 1 fully saturated rings. The van der Waals surface area contributed by atoms with E-state index in [1.54, 1.807) is 18.3 Å². The van der Waals surface area contributed by atoms with Crippen molar-refractivity contribution in [1.29, 1.82) is 0 Å². The summed E-state index contributed by atoms with van der Waals surface area (Å²) in [5.74, 6) is -3.44. The number of hydrogen-bond donors (Lipinski definition) is 3. The van der Waals surface area contributed by atoms with Gasteiger partial charge in [-0.1, -0.05) is 12.1 Å². The van der Waals surface area contributed by atoms with Gasteiger partial charge in [0.05, 0.1) is 29.9 Å². The van der Waals surface area contributed by atoms with Gasteiger partial charge in [0, 0.05) is 46.6 Å². The summed E-state index contributed by atoms with van der Waals surface area (Å²) in [5.41, 5.74) is 9.55. The highest BCUT2D eigenvalue weighted by molar-refractivity contribution is 5.92. The van der Waals surface area contributed by atoms with Crippen LogP contribution in [0.15, 0.2) is 35.1 Å². The van der Waals surface area contributed by atoms with Gasteiger partial charge in [-0.2, -0.15) is 5.10 Å². The van der Waals surface area contributed by atoms with E-state index in [1.807, 2.05) is 20.8 Å². The lowest BCUT2D eigenvalue weighted by atomic mass is 9.76. The van der Waals surface area contributed by atoms with E-state index in [1.165, 1.54) is 0 Å². The van der Waals surface area contributed by atoms with Crippen molar-refractivity contribution in [3.63, 3.8) is 0 Å². The zero-order valence-corrected chi connectivity index (χ0v) is 23.2. The number of nitrogens with one attached hydrogen (secondary N) is 2. The van der Waals surface area contributed by atoms with Crippen molar-refractivity contribution in [1.82, 2.24) is 25.5 Å². The van der Waals surface area contributed by atoms with E-state index in [9.17, 15) is 18.4 Å². The van der Waals surface area contributed by atoms with Crippen LogP contribution in [0.2, 0.25) is 0 Å². The quantitative estimate of drug-likeness (QED) is 0.275. The molecule has 0 bridgehead atoms. The van der Waals surface area contributed by atoms with Gasteiger partial charge in [0.2, 0.25) is 5.91 Å². The molecule has 42 heavy (non-hydrogen) atoms. The van der Waals surface area contributed by atoms with Crippen molar-refractivity contribution in [3.05, 3.63) is 70.4 Å². The van der Waals surface area contributed by atoms with E-state index in [-0.39, 0.29) is 42.2 Å². The summed E-state index contributed by atoms with van der Waals surface area (Å²) in [7, 11) is 0. The van der Waals surface area contributed by atoms with Crippen molar-refractivity contribution in [2.24, 2.45) is 17.1 Å². The van der Waals surface area contributed by atoms with Gasteiger partial charge in [0.25, 0.3) is 5.91 Å². The SMILES string of the molecule is Cc1n[nH]c(C)c1-c1ccc(NC(=O)CC2c3cc(F)c(F)cc3OCC23CC3CC(C)c2nonc2C(N)=O)cn1. The van der Waals surface area contributed by atoms with Crippen molar-refractivity contribution in [2.75, 3.05) is 11.9 Å². The van der Waals surface area contributed by atoms with Gasteiger partial charge in [0.1, 0.15) is 11.4 Å². The van der Waals surface area contributed by atoms with E-state index < -0.39 is 28.9 Å². The fraction of sp³-hybridized carbons (Fsp3) is 0.379. The molecule has 4 heterocycles. The Morgan fingerprint density at radius 1 is 1.21 bits per heavy atom. The van der Waals surface area contributed by atoms with Crippen molar-refractivity contribution >= 4 is 17.5 Å². The molecule has 1 saturated carbocycles. The number of rotatable bonds is 8. The first-order chi connectivity index (χ1) is 20.1. The first kappa shape index (κ1) is 27.5. The number of aryl methyl sites for hydroxylation is 2. The predicted octanol–water partition coefficient (Wildman–Crippen LogP) is 4.55. The molecule has 2 amide bonds. The molecule has 11 nitrogen and oxygen atoms in total. The summed E-state index contributed by atoms with van der Waals surface area (Å²) in [4.78, 5) is 29.6. The van der Waals surface area contributed by atoms with Crippen molar-refractivity contribution in [3.8, 4) is 17.0 Å². The van der Waals surface area contributed by atoms with Crippen molar-refractivity contribution < 1.29 is 27.7 Å². The number of aromatic nitrogens is 5. The highest BCUT2D eigenvalue weighted by Gasteiger charge is 2.62. The van der Waals surface area contributed by atoms with E-state index in [4.69, 9.17) is 15.1 Å². The number of carbonyl (C=O) groups is 2. The number of carbonyl (C=O) groups excluding carboxylic acids is 2. The Labute approximate surface area is 239 Å². The lowest BCUT2D eigenvalue weighted by Crippen LogP contribution is -2.32. The van der Waals surface area contributed by atoms with Gasteiger partial charge in [-0.15, -0.1) is 0 Å². The molecule has 4 atom stereocenters. The van der Waals surface area contributed by atoms with Crippen LogP contribution in [0.1, 0.15) is 71.2 Å². The van der Waals surface area contributed by atoms with Gasteiger partial charge in [-0.3, -0.25) is 19.7 Å². The fourth-order valence-corrected chi connectivity index (χ4v) is 6.37. The van der Waals surface area contributed by atoms with Gasteiger partial charge in [-0.25, -0.2) is 13.4 Å². The minimum Gasteiger partial charge on any atom is -0.493 e. The van der Waals surface area contributed by atoms with Gasteiger partial charge in [-0.05, 0) is 56.0 Å². The largest absolute Gasteiger partial charge is 0.493 e. The molecule has 0 saturated heterocycles. The minimum absolute atomic E-state index is 0.0198. The number of nitrogens with two attached hydrogens (primary N) is 1. The molecule has 4 aromatic rings. The molecular weight excluding hydrogens is 548 g/mol. The Hall–Kier alpha value is -4.68. The normalized spacial score (nSPS) is 21.5. The Bertz CT molecular complexity index is 1670. The third kappa shape index (κ3) is 4.78. The first-order valence-electron chi connectivity index (χ1n) is 13.6. The van der Waals surface area contributed by atoms with Crippen LogP contribution < -0.4 is 15.8 Å². The average molecular weight is 578 g/mol. The molecule has 3 aromatic heterocycles. The number of ether oxygens (including phenoxy) is 1. The molecule has 218 valence electrons. The molecule has 0 radical (unpaired) electrons. The van der Waals surface area contributed by atoms with Crippen molar-refractivity contribution in [2.45, 2.75) is 51.9 Å². The second-order valence-corrected chi connectivity index (χ2v) is 11.3. The monoisotopic (exact) mass is 577 g/mol. The molecule has 1 aliphatic heterocycles. The number of aromatic amines is 1. The zero-order chi connectivity index (χ0) is 29.8. The highest BCUT2D eigenvalue weighted by Crippen LogP contribution is 2.67. The molecule has 1 spiro atoms. The van der Waals surface area contributed by atoms with Gasteiger partial charge in [0.15, 0.2) is 17.3 Å². The predicted molar refractivity (Wildman–Crippen MR) is 146 cm³/mol. The van der Waals surface area contributed by atoms with E-state index in [0.717, 1.165) is 34.8 Å². The summed E-state index contributed by atoms with van der Waals surface area (Å²) in [6.07, 6.45) is 2.86. The van der Waals surface area contributed by atoms with Crippen LogP contribution in [0.3, 0.4) is 0 Å². The molecule has 1 aromatic carbocycles. The fourth-order valence-electron chi connectivity index (χ4n) is 6.37. The number of primary amides is 1. The summed E-state index contributed by atoms with van der Waals surface area (Å²) < 4.78 is 39.2. The number of amides is 2. The first-order valence-corrected chi connectivity index (χ1v) is 13.6. The Morgan fingerprint density at radius 2 is 2.00 bits per heavy atom. The standard InChI is InChI=1S/C29H29F2N7O4/c1-13(26-27(28(32)40)38-42-37-26)6-16-10-29(16)12-41-23-9-21(31)20(30)7-18(23)19(29)8-24(39)34-17-4-5-22(33-11-17)25-14(2)35-36-15(25)3/h4-5,7,9,11,13,16,19H,6,8,10,12H2,1-3H3,(H2,32,40)(H,34,39)(H,35,36). The highest BCUT2D eigenvalue weighted by atomic mass is 19.2. The van der Waals surface area contributed by atoms with Crippen LogP contribution in [0.5, 0.6) is 5.75 Å². The molecule has 6 rings (SSSR count). The Balaban J connectivity index is 1.22. The van der Waals surface area contributed by atoms with E-state index in [2.05, 4.69) is 30.8 Å². The number of benzene rings is 1. The number of H-pyrrole nitrogens is 1. The van der Waals surface area contributed by atoms with Gasteiger partial charge >= 0.3 is 0 Å². The molecule has 4 unspecified atom stereocenters. The second kappa shape index (κ2) is 10.3. The number of hydrogen-bond acceptors (Lipinski definition) is 8. The topological polar surface area (TPSA) is 162 Å². The van der Waals surface area contributed by atoms with Crippen LogP contribution in [-0.2, 0) is 4.79 Å². The third-order valence-corrected chi connectivity index (χ3v) is 8.57. The average Bonchev–Trinajstić information content (AvgIpc) is 3.24. The van der Waals surface area contributed by atoms with Crippen LogP contribution in [0, 0.1) is 36.8 Å². The Morgan fingerprint density at radius 3 is 2.69 bits per heavy atom. The smallest absolute Gasteiger partial charge is 0.272 e. The maximum absolute atomic E-state index is 14.4. The lowest BCUT2D eigenvalue weighted by Gasteiger charge is -2.35. The molecule has 2 aliphatic rings. The number of pyridine rings is 1. The molecule has 1 aliphatic carbocycles. The van der Waals surface area contributed by atoms with E-state index in [0.29, 0.717) is 29.8 Å². The molecular formula is C29H29F2N7O4. The number of fused-ring (bicyclic) bond motifs is 1. The minimum atomic E-state index is -1.01. The zero-order valence-electron chi connectivity index (χ0n) is 23.2. The maximum atomic E-state index is 14.4. The number of nitrogens with zero attached hydrogens (tertiary/aromatic N) is 4. The Kier molecular flexibility index (Phi) is 6.74. The van der Waals surface area contributed by atoms with Crippen LogP contribution in [0.25, 0.3) is 11.3 Å². The second-order valence-electron chi connectivity index (χ2n) is 11.3. The third-order valence-electron chi connectivity index (χ3n) is 8.57. The maximum Gasteiger partial charge on any atom is 0.272 e. The summed E-state index contributed by atoms with van der Waals surface area (Å²) in [6.45, 7) is 5.92. The molecule has 13 heteroatoms. The number of anilines is 1. The van der Waals surface area contributed by atoms with Crippen LogP contribution in [0.4, 0.5) is 14.5 Å². The van der Waals surface area contributed by atoms with E-state index >= 15 is 0 Å². The van der Waals surface area contributed by atoms with Crippen LogP contribution in [-0.4, -0.2) is 43.9 Å². The van der Waals surface area contributed by atoms with Gasteiger partial charge < -0.3 is 15.8 Å².